The van der Waals surface area contributed by atoms with E-state index in [1.807, 2.05) is 4.98 Å². The summed E-state index contributed by atoms with van der Waals surface area (Å²) in [5.41, 5.74) is -1.63. The normalized spacial score (nSPS) is 24.6. The summed E-state index contributed by atoms with van der Waals surface area (Å²) in [5.74, 6) is -0.599. The molecule has 1 aliphatic heterocycles. The van der Waals surface area contributed by atoms with Crippen LogP contribution in [-0.4, -0.2) is 62.2 Å². The molecule has 2 aromatic heterocycles. The lowest BCUT2D eigenvalue weighted by molar-refractivity contribution is -0.149. The number of nitrogens with one attached hydrogen (secondary N) is 2. The summed E-state index contributed by atoms with van der Waals surface area (Å²) in [7, 11) is -4.39. The van der Waals surface area contributed by atoms with Crippen LogP contribution in [0.3, 0.4) is 0 Å². The molecule has 1 aromatic carbocycles. The van der Waals surface area contributed by atoms with Crippen LogP contribution in [-0.2, 0) is 23.4 Å². The van der Waals surface area contributed by atoms with E-state index in [0.717, 1.165) is 34.2 Å². The van der Waals surface area contributed by atoms with Crippen molar-refractivity contribution >= 4 is 25.1 Å². The Morgan fingerprint density at radius 2 is 2.00 bits per heavy atom. The molecule has 0 aliphatic carbocycles. The van der Waals surface area contributed by atoms with Gasteiger partial charge in [0.05, 0.1) is 23.1 Å². The first kappa shape index (κ1) is 30.8. The Kier molecular flexibility index (Phi) is 9.26. The quantitative estimate of drug-likeness (QED) is 0.215. The number of halogens is 1. The van der Waals surface area contributed by atoms with Gasteiger partial charge in [-0.1, -0.05) is 0 Å². The third-order valence-corrected chi connectivity index (χ3v) is 8.55. The Morgan fingerprint density at radius 1 is 1.29 bits per heavy atom. The number of hydrogen-bond donors (Lipinski definition) is 3. The zero-order chi connectivity index (χ0) is 29.9. The molecule has 1 saturated heterocycles. The number of aromatic nitrogens is 3. The number of carbonyl (C=O) groups is 1. The number of carbonyl (C=O) groups excluding carboxylic acids is 1. The predicted octanol–water partition coefficient (Wildman–Crippen LogP) is 2.78. The third-order valence-electron chi connectivity index (χ3n) is 6.08. The van der Waals surface area contributed by atoms with Gasteiger partial charge < -0.3 is 19.1 Å². The van der Waals surface area contributed by atoms with E-state index in [9.17, 15) is 24.1 Å². The molecule has 222 valence electrons. The Hall–Kier alpha value is -3.20. The Bertz CT molecular complexity index is 1510. The zero-order valence-electron chi connectivity index (χ0n) is 22.6. The second-order valence-electron chi connectivity index (χ2n) is 9.75. The molecule has 13 nitrogen and oxygen atoms in total. The molecule has 3 aromatic rings. The maximum absolute atomic E-state index is 15.6. The van der Waals surface area contributed by atoms with E-state index in [2.05, 4.69) is 10.1 Å². The van der Waals surface area contributed by atoms with Gasteiger partial charge in [0.2, 0.25) is 0 Å². The van der Waals surface area contributed by atoms with Crippen LogP contribution in [0.4, 0.5) is 4.39 Å². The summed E-state index contributed by atoms with van der Waals surface area (Å²) >= 11 is 1.43. The van der Waals surface area contributed by atoms with Gasteiger partial charge in [-0.15, -0.1) is 11.3 Å². The van der Waals surface area contributed by atoms with Crippen molar-refractivity contribution < 1.29 is 37.4 Å². The molecule has 1 aliphatic rings. The number of esters is 1. The molecule has 3 heterocycles. The van der Waals surface area contributed by atoms with Gasteiger partial charge >= 0.3 is 19.4 Å². The lowest BCUT2D eigenvalue weighted by Crippen LogP contribution is -2.43. The maximum atomic E-state index is 15.6. The topological polar surface area (TPSA) is 171 Å². The Morgan fingerprint density at radius 3 is 2.61 bits per heavy atom. The van der Waals surface area contributed by atoms with Crippen molar-refractivity contribution in [1.82, 2.24) is 19.6 Å². The van der Waals surface area contributed by atoms with Crippen LogP contribution in [0, 0.1) is 0 Å². The summed E-state index contributed by atoms with van der Waals surface area (Å²) in [4.78, 5) is 43.0. The summed E-state index contributed by atoms with van der Waals surface area (Å²) in [6, 6.07) is 6.38. The predicted molar refractivity (Wildman–Crippen MR) is 146 cm³/mol. The van der Waals surface area contributed by atoms with Crippen LogP contribution in [0.15, 0.2) is 57.8 Å². The summed E-state index contributed by atoms with van der Waals surface area (Å²) in [5, 5.41) is 13.2. The van der Waals surface area contributed by atoms with Crippen molar-refractivity contribution in [3.8, 4) is 16.2 Å². The van der Waals surface area contributed by atoms with Crippen LogP contribution in [0.25, 0.3) is 10.4 Å². The van der Waals surface area contributed by atoms with Crippen molar-refractivity contribution in [2.24, 2.45) is 0 Å². The second kappa shape index (κ2) is 12.3. The van der Waals surface area contributed by atoms with Crippen molar-refractivity contribution in [2.45, 2.75) is 63.9 Å². The summed E-state index contributed by atoms with van der Waals surface area (Å²) < 4.78 is 52.2. The maximum Gasteiger partial charge on any atom is 0.459 e. The first-order valence-corrected chi connectivity index (χ1v) is 15.0. The third kappa shape index (κ3) is 7.18. The molecule has 3 N–H and O–H groups in total. The fraction of sp³-hybridized carbons (Fsp3) is 0.440. The Balaban J connectivity index is 1.54. The Labute approximate surface area is 237 Å². The largest absolute Gasteiger partial charge is 0.462 e. The number of rotatable bonds is 11. The zero-order valence-corrected chi connectivity index (χ0v) is 24.3. The van der Waals surface area contributed by atoms with Gasteiger partial charge in [-0.25, -0.2) is 13.8 Å². The van der Waals surface area contributed by atoms with Gasteiger partial charge in [0.15, 0.2) is 11.9 Å². The number of aliphatic hydroxyl groups is 1. The molecule has 4 rings (SSSR count). The van der Waals surface area contributed by atoms with Crippen LogP contribution in [0.2, 0.25) is 0 Å². The number of benzene rings is 1. The van der Waals surface area contributed by atoms with Crippen molar-refractivity contribution in [2.75, 3.05) is 6.61 Å². The standard InChI is InChI=1S/C25H30FN4O9PS/c1-14(2)37-22(33)15(3)29-40(35,39-17-7-5-16(6-8-17)19-11-27-13-41-19)36-12-18-21(32)25(4,26)23(38-18)30-10-9-20(31)28-24(30)34/h5-11,13-15,18,21,23,32H,12H2,1-4H3,(H,29,35)(H,28,31,34). The van der Waals surface area contributed by atoms with Crippen LogP contribution in [0.5, 0.6) is 5.75 Å². The van der Waals surface area contributed by atoms with Gasteiger partial charge in [-0.3, -0.25) is 28.6 Å². The minimum absolute atomic E-state index is 0.124. The molecule has 41 heavy (non-hydrogen) atoms. The van der Waals surface area contributed by atoms with Crippen LogP contribution in [0.1, 0.15) is 33.9 Å². The average molecular weight is 613 g/mol. The first-order valence-electron chi connectivity index (χ1n) is 12.5. The van der Waals surface area contributed by atoms with E-state index in [4.69, 9.17) is 18.5 Å². The molecule has 0 spiro atoms. The second-order valence-corrected chi connectivity index (χ2v) is 12.3. The number of ether oxygens (including phenoxy) is 2. The van der Waals surface area contributed by atoms with E-state index >= 15 is 4.39 Å². The SMILES string of the molecule is CC(C)OC(=O)C(C)NP(=O)(OCC1OC(n2ccc(=O)[nH]c2=O)C(C)(F)C1O)Oc1ccc(-c2cncs2)cc1. The number of hydrogen-bond acceptors (Lipinski definition) is 11. The molecule has 1 fully saturated rings. The molecule has 16 heteroatoms. The highest BCUT2D eigenvalue weighted by molar-refractivity contribution is 7.52. The molecule has 0 saturated carbocycles. The number of thiazole rings is 1. The van der Waals surface area contributed by atoms with Crippen molar-refractivity contribution in [3.63, 3.8) is 0 Å². The highest BCUT2D eigenvalue weighted by atomic mass is 32.1. The lowest BCUT2D eigenvalue weighted by Gasteiger charge is -2.25. The number of aliphatic hydroxyl groups excluding tert-OH is 1. The molecular weight excluding hydrogens is 582 g/mol. The minimum atomic E-state index is -4.39. The number of aromatic amines is 1. The van der Waals surface area contributed by atoms with Gasteiger partial charge in [0.1, 0.15) is 24.0 Å². The monoisotopic (exact) mass is 612 g/mol. The van der Waals surface area contributed by atoms with Crippen molar-refractivity contribution in [3.05, 3.63) is 69.1 Å². The van der Waals surface area contributed by atoms with E-state index in [1.54, 1.807) is 49.8 Å². The van der Waals surface area contributed by atoms with E-state index in [-0.39, 0.29) is 5.75 Å². The molecule has 0 radical (unpaired) electrons. The van der Waals surface area contributed by atoms with E-state index in [1.165, 1.54) is 18.3 Å². The van der Waals surface area contributed by atoms with Gasteiger partial charge in [-0.2, -0.15) is 5.09 Å². The van der Waals surface area contributed by atoms with Gasteiger partial charge in [0, 0.05) is 18.5 Å². The number of H-pyrrole nitrogens is 1. The van der Waals surface area contributed by atoms with Crippen molar-refractivity contribution in [1.29, 1.82) is 0 Å². The van der Waals surface area contributed by atoms with E-state index in [0.29, 0.717) is 0 Å². The molecule has 6 atom stereocenters. The highest BCUT2D eigenvalue weighted by Gasteiger charge is 2.56. The van der Waals surface area contributed by atoms with E-state index < -0.39 is 67.8 Å². The van der Waals surface area contributed by atoms with Gasteiger partial charge in [0.25, 0.3) is 5.56 Å². The fourth-order valence-electron chi connectivity index (χ4n) is 4.03. The highest BCUT2D eigenvalue weighted by Crippen LogP contribution is 2.47. The minimum Gasteiger partial charge on any atom is -0.462 e. The smallest absolute Gasteiger partial charge is 0.459 e. The average Bonchev–Trinajstić information content (AvgIpc) is 3.51. The lowest BCUT2D eigenvalue weighted by atomic mass is 9.98. The first-order chi connectivity index (χ1) is 19.3. The molecular formula is C25H30FN4O9PS. The number of alkyl halides is 1. The molecule has 6 unspecified atom stereocenters. The molecule has 0 amide bonds. The summed E-state index contributed by atoms with van der Waals surface area (Å²) in [6.07, 6.45) is -2.60. The number of nitrogens with zero attached hydrogens (tertiary/aromatic N) is 2. The van der Waals surface area contributed by atoms with Gasteiger partial charge in [-0.05, 0) is 57.5 Å². The van der Waals surface area contributed by atoms with Crippen LogP contribution < -0.4 is 20.9 Å². The van der Waals surface area contributed by atoms with Crippen LogP contribution >= 0.6 is 19.1 Å². The summed E-state index contributed by atoms with van der Waals surface area (Å²) in [6.45, 7) is 5.06. The molecule has 0 bridgehead atoms. The fourth-order valence-corrected chi connectivity index (χ4v) is 6.16.